The summed E-state index contributed by atoms with van der Waals surface area (Å²) in [5.41, 5.74) is 3.29. The summed E-state index contributed by atoms with van der Waals surface area (Å²) >= 11 is 0. The van der Waals surface area contributed by atoms with E-state index in [9.17, 15) is 9.18 Å². The molecule has 0 unspecified atom stereocenters. The van der Waals surface area contributed by atoms with E-state index in [1.54, 1.807) is 41.4 Å². The van der Waals surface area contributed by atoms with Crippen molar-refractivity contribution in [1.29, 1.82) is 0 Å². The molecule has 1 aliphatic heterocycles. The number of anilines is 2. The highest BCUT2D eigenvalue weighted by atomic mass is 19.1. The topological polar surface area (TPSA) is 45.2 Å². The second-order valence-corrected chi connectivity index (χ2v) is 5.97. The number of carbonyl (C=O) groups is 1. The molecule has 25 heavy (non-hydrogen) atoms. The molecular formula is C20H16FN3O. The van der Waals surface area contributed by atoms with Crippen molar-refractivity contribution < 1.29 is 9.18 Å². The lowest BCUT2D eigenvalue weighted by atomic mass is 10.2. The van der Waals surface area contributed by atoms with Crippen LogP contribution in [0.4, 0.5) is 15.8 Å². The van der Waals surface area contributed by atoms with Gasteiger partial charge in [-0.25, -0.2) is 4.39 Å². The van der Waals surface area contributed by atoms with Crippen LogP contribution >= 0.6 is 0 Å². The Bertz CT molecular complexity index is 940. The van der Waals surface area contributed by atoms with E-state index in [1.807, 2.05) is 31.2 Å². The van der Waals surface area contributed by atoms with Crippen LogP contribution < -0.4 is 10.2 Å². The lowest BCUT2D eigenvalue weighted by Crippen LogP contribution is -2.32. The molecule has 0 fully saturated rings. The Morgan fingerprint density at radius 1 is 1.04 bits per heavy atom. The monoisotopic (exact) mass is 333 g/mol. The molecule has 1 aliphatic rings. The number of benzene rings is 2. The summed E-state index contributed by atoms with van der Waals surface area (Å²) in [5.74, 6) is -0.524. The number of nitrogens with one attached hydrogen (secondary N) is 1. The summed E-state index contributed by atoms with van der Waals surface area (Å²) in [6.45, 7) is 1.99. The number of rotatable bonds is 3. The Kier molecular flexibility index (Phi) is 3.69. The number of halogens is 1. The van der Waals surface area contributed by atoms with Crippen LogP contribution in [0.2, 0.25) is 0 Å². The highest BCUT2D eigenvalue weighted by molar-refractivity contribution is 6.11. The van der Waals surface area contributed by atoms with Crippen LogP contribution in [-0.4, -0.2) is 10.9 Å². The van der Waals surface area contributed by atoms with Gasteiger partial charge in [0.25, 0.3) is 5.91 Å². The Hall–Kier alpha value is -3.21. The molecule has 0 saturated carbocycles. The molecule has 0 saturated heterocycles. The van der Waals surface area contributed by atoms with Crippen LogP contribution in [0.5, 0.6) is 0 Å². The van der Waals surface area contributed by atoms with Gasteiger partial charge in [0.2, 0.25) is 0 Å². The summed E-state index contributed by atoms with van der Waals surface area (Å²) in [4.78, 5) is 18.9. The number of amides is 1. The number of hydrogen-bond acceptors (Lipinski definition) is 3. The van der Waals surface area contributed by atoms with Crippen molar-refractivity contribution in [2.24, 2.45) is 0 Å². The lowest BCUT2D eigenvalue weighted by molar-refractivity contribution is 0.0993. The Labute approximate surface area is 144 Å². The number of fused-ring (bicyclic) bond motifs is 1. The SMILES string of the molecule is Cc1ccc(N2C(=O)c3cccnc3[C@@H]2Nc2ccccc2F)cc1. The van der Waals surface area contributed by atoms with Crippen molar-refractivity contribution in [2.45, 2.75) is 13.1 Å². The summed E-state index contributed by atoms with van der Waals surface area (Å²) in [5, 5.41) is 3.13. The van der Waals surface area contributed by atoms with Gasteiger partial charge in [-0.3, -0.25) is 14.7 Å². The van der Waals surface area contributed by atoms with Gasteiger partial charge in [-0.15, -0.1) is 0 Å². The third-order valence-corrected chi connectivity index (χ3v) is 4.28. The largest absolute Gasteiger partial charge is 0.357 e. The lowest BCUT2D eigenvalue weighted by Gasteiger charge is -2.26. The Morgan fingerprint density at radius 2 is 1.80 bits per heavy atom. The summed E-state index contributed by atoms with van der Waals surface area (Å²) < 4.78 is 14.1. The van der Waals surface area contributed by atoms with Crippen molar-refractivity contribution in [3.8, 4) is 0 Å². The van der Waals surface area contributed by atoms with Crippen LogP contribution in [0, 0.1) is 12.7 Å². The highest BCUT2D eigenvalue weighted by Crippen LogP contribution is 2.37. The Morgan fingerprint density at radius 3 is 2.56 bits per heavy atom. The summed E-state index contributed by atoms with van der Waals surface area (Å²) in [7, 11) is 0. The molecular weight excluding hydrogens is 317 g/mol. The van der Waals surface area contributed by atoms with Crippen LogP contribution in [0.1, 0.15) is 27.8 Å². The molecule has 4 nitrogen and oxygen atoms in total. The van der Waals surface area contributed by atoms with Crippen LogP contribution in [0.15, 0.2) is 66.9 Å². The fourth-order valence-corrected chi connectivity index (χ4v) is 3.02. The maximum atomic E-state index is 14.1. The summed E-state index contributed by atoms with van der Waals surface area (Å²) in [6.07, 6.45) is 1.07. The molecule has 4 rings (SSSR count). The van der Waals surface area contributed by atoms with Gasteiger partial charge < -0.3 is 5.32 Å². The first-order valence-electron chi connectivity index (χ1n) is 8.01. The molecule has 0 spiro atoms. The van der Waals surface area contributed by atoms with E-state index in [0.29, 0.717) is 16.9 Å². The summed E-state index contributed by atoms with van der Waals surface area (Å²) in [6, 6.07) is 17.5. The van der Waals surface area contributed by atoms with Gasteiger partial charge in [0.15, 0.2) is 6.17 Å². The first kappa shape index (κ1) is 15.3. The zero-order valence-corrected chi connectivity index (χ0v) is 13.6. The van der Waals surface area contributed by atoms with Crippen molar-refractivity contribution in [3.63, 3.8) is 0 Å². The van der Waals surface area contributed by atoms with Gasteiger partial charge in [-0.2, -0.15) is 0 Å². The third-order valence-electron chi connectivity index (χ3n) is 4.28. The first-order valence-corrected chi connectivity index (χ1v) is 8.01. The number of aromatic nitrogens is 1. The van der Waals surface area contributed by atoms with Gasteiger partial charge in [-0.1, -0.05) is 29.8 Å². The molecule has 1 atom stereocenters. The van der Waals surface area contributed by atoms with Crippen molar-refractivity contribution >= 4 is 17.3 Å². The standard InChI is InChI=1S/C20H16FN3O/c1-13-8-10-14(11-9-13)24-19(23-17-7-3-2-6-16(17)21)18-15(20(24)25)5-4-12-22-18/h2-12,19,23H,1H3/t19-/m1/s1. The molecule has 0 radical (unpaired) electrons. The fraction of sp³-hybridized carbons (Fsp3) is 0.100. The first-order chi connectivity index (χ1) is 12.1. The van der Waals surface area contributed by atoms with Crippen molar-refractivity contribution in [3.05, 3.63) is 89.5 Å². The van der Waals surface area contributed by atoms with Crippen LogP contribution in [-0.2, 0) is 0 Å². The van der Waals surface area contributed by atoms with Gasteiger partial charge in [0.1, 0.15) is 5.82 Å². The number of aryl methyl sites for hydroxylation is 1. The molecule has 0 bridgehead atoms. The minimum Gasteiger partial charge on any atom is -0.357 e. The maximum Gasteiger partial charge on any atom is 0.262 e. The third kappa shape index (κ3) is 2.63. The molecule has 5 heteroatoms. The molecule has 0 aliphatic carbocycles. The predicted octanol–water partition coefficient (Wildman–Crippen LogP) is 4.30. The van der Waals surface area contributed by atoms with E-state index in [-0.39, 0.29) is 11.7 Å². The molecule has 3 aromatic rings. The van der Waals surface area contributed by atoms with Gasteiger partial charge in [0, 0.05) is 11.9 Å². The highest BCUT2D eigenvalue weighted by Gasteiger charge is 2.39. The van der Waals surface area contributed by atoms with E-state index < -0.39 is 6.17 Å². The Balaban J connectivity index is 1.80. The number of hydrogen-bond donors (Lipinski definition) is 1. The molecule has 1 amide bonds. The van der Waals surface area contributed by atoms with Gasteiger partial charge in [0.05, 0.1) is 16.9 Å². The van der Waals surface area contributed by atoms with E-state index in [0.717, 1.165) is 11.3 Å². The zero-order valence-electron chi connectivity index (χ0n) is 13.6. The van der Waals surface area contributed by atoms with E-state index in [4.69, 9.17) is 0 Å². The minimum atomic E-state index is -0.566. The number of pyridine rings is 1. The molecule has 1 aromatic heterocycles. The minimum absolute atomic E-state index is 0.152. The van der Waals surface area contributed by atoms with Crippen LogP contribution in [0.3, 0.4) is 0 Å². The number of nitrogens with zero attached hydrogens (tertiary/aromatic N) is 2. The second kappa shape index (κ2) is 6.02. The quantitative estimate of drug-likeness (QED) is 0.777. The molecule has 1 N–H and O–H groups in total. The number of para-hydroxylation sites is 1. The van der Waals surface area contributed by atoms with Crippen LogP contribution in [0.25, 0.3) is 0 Å². The predicted molar refractivity (Wildman–Crippen MR) is 95.0 cm³/mol. The smallest absolute Gasteiger partial charge is 0.262 e. The average molecular weight is 333 g/mol. The molecule has 2 aromatic carbocycles. The molecule has 124 valence electrons. The van der Waals surface area contributed by atoms with E-state index >= 15 is 0 Å². The van der Waals surface area contributed by atoms with Gasteiger partial charge in [-0.05, 0) is 43.3 Å². The zero-order chi connectivity index (χ0) is 17.4. The molecule has 2 heterocycles. The fourth-order valence-electron chi connectivity index (χ4n) is 3.02. The number of carbonyl (C=O) groups excluding carboxylic acids is 1. The van der Waals surface area contributed by atoms with Crippen molar-refractivity contribution in [1.82, 2.24) is 4.98 Å². The van der Waals surface area contributed by atoms with Gasteiger partial charge >= 0.3 is 0 Å². The normalized spacial score (nSPS) is 16.0. The van der Waals surface area contributed by atoms with E-state index in [1.165, 1.54) is 6.07 Å². The maximum absolute atomic E-state index is 14.1. The van der Waals surface area contributed by atoms with E-state index in [2.05, 4.69) is 10.3 Å². The second-order valence-electron chi connectivity index (χ2n) is 5.97. The average Bonchev–Trinajstić information content (AvgIpc) is 2.90. The van der Waals surface area contributed by atoms with Crippen molar-refractivity contribution in [2.75, 3.05) is 10.2 Å².